The first-order valence-corrected chi connectivity index (χ1v) is 6.42. The number of rotatable bonds is 5. The summed E-state index contributed by atoms with van der Waals surface area (Å²) >= 11 is 0. The first-order valence-electron chi connectivity index (χ1n) is 6.42. The predicted octanol–water partition coefficient (Wildman–Crippen LogP) is 2.41. The van der Waals surface area contributed by atoms with E-state index in [1.165, 1.54) is 31.0 Å². The second-order valence-corrected chi connectivity index (χ2v) is 5.00. The van der Waals surface area contributed by atoms with Crippen LogP contribution >= 0.6 is 0 Å². The van der Waals surface area contributed by atoms with E-state index in [9.17, 15) is 15.0 Å². The second kappa shape index (κ2) is 5.29. The van der Waals surface area contributed by atoms with E-state index in [0.29, 0.717) is 5.56 Å². The molecular formula is C14H19NO3. The van der Waals surface area contributed by atoms with Crippen molar-refractivity contribution in [3.05, 3.63) is 23.8 Å². The van der Waals surface area contributed by atoms with E-state index in [0.717, 1.165) is 18.8 Å². The first-order chi connectivity index (χ1) is 8.58. The quantitative estimate of drug-likeness (QED) is 0.750. The molecule has 0 aromatic heterocycles. The molecule has 2 rings (SSSR count). The number of aromatic hydroxyl groups is 2. The van der Waals surface area contributed by atoms with Crippen molar-refractivity contribution in [2.45, 2.75) is 38.6 Å². The fourth-order valence-electron chi connectivity index (χ4n) is 2.08. The number of hydrogen-bond acceptors (Lipinski definition) is 3. The van der Waals surface area contributed by atoms with Gasteiger partial charge < -0.3 is 15.5 Å². The largest absolute Gasteiger partial charge is 0.508 e. The SMILES string of the molecule is CCC(CC1CC1)NC(=O)c1cc(O)cc(O)c1. The Morgan fingerprint density at radius 1 is 1.33 bits per heavy atom. The molecule has 1 aliphatic rings. The summed E-state index contributed by atoms with van der Waals surface area (Å²) < 4.78 is 0. The van der Waals surface area contributed by atoms with Crippen LogP contribution in [0, 0.1) is 5.92 Å². The maximum atomic E-state index is 12.0. The van der Waals surface area contributed by atoms with Gasteiger partial charge in [0.25, 0.3) is 5.91 Å². The zero-order chi connectivity index (χ0) is 13.1. The molecule has 1 aromatic carbocycles. The molecule has 1 aromatic rings. The van der Waals surface area contributed by atoms with Crippen molar-refractivity contribution >= 4 is 5.91 Å². The van der Waals surface area contributed by atoms with Crippen LogP contribution in [0.4, 0.5) is 0 Å². The lowest BCUT2D eigenvalue weighted by Crippen LogP contribution is -2.34. The lowest BCUT2D eigenvalue weighted by molar-refractivity contribution is 0.0932. The van der Waals surface area contributed by atoms with E-state index < -0.39 is 0 Å². The molecule has 0 saturated heterocycles. The summed E-state index contributed by atoms with van der Waals surface area (Å²) in [5, 5.41) is 21.6. The number of phenols is 2. The third-order valence-corrected chi connectivity index (χ3v) is 3.31. The van der Waals surface area contributed by atoms with E-state index in [4.69, 9.17) is 0 Å². The Balaban J connectivity index is 2.00. The standard InChI is InChI=1S/C14H19NO3/c1-2-11(5-9-3-4-9)15-14(18)10-6-12(16)8-13(17)7-10/h6-9,11,16-17H,2-5H2,1H3,(H,15,18). The average molecular weight is 249 g/mol. The smallest absolute Gasteiger partial charge is 0.251 e. The van der Waals surface area contributed by atoms with Crippen molar-refractivity contribution in [1.82, 2.24) is 5.32 Å². The molecular weight excluding hydrogens is 230 g/mol. The van der Waals surface area contributed by atoms with E-state index in [1.807, 2.05) is 6.92 Å². The second-order valence-electron chi connectivity index (χ2n) is 5.00. The summed E-state index contributed by atoms with van der Waals surface area (Å²) in [6.45, 7) is 2.05. The molecule has 1 aliphatic carbocycles. The number of benzene rings is 1. The molecule has 1 unspecified atom stereocenters. The van der Waals surface area contributed by atoms with E-state index in [-0.39, 0.29) is 23.4 Å². The molecule has 4 heteroatoms. The fourth-order valence-corrected chi connectivity index (χ4v) is 2.08. The summed E-state index contributed by atoms with van der Waals surface area (Å²) in [6.07, 6.45) is 4.44. The van der Waals surface area contributed by atoms with Gasteiger partial charge >= 0.3 is 0 Å². The summed E-state index contributed by atoms with van der Waals surface area (Å²) in [7, 11) is 0. The van der Waals surface area contributed by atoms with Gasteiger partial charge in [-0.3, -0.25) is 4.79 Å². The summed E-state index contributed by atoms with van der Waals surface area (Å²) in [5.74, 6) is 0.312. The molecule has 0 heterocycles. The minimum atomic E-state index is -0.242. The normalized spacial score (nSPS) is 16.3. The Bertz CT molecular complexity index is 420. The minimum absolute atomic E-state index is 0.101. The van der Waals surface area contributed by atoms with Crippen molar-refractivity contribution in [2.24, 2.45) is 5.92 Å². The highest BCUT2D eigenvalue weighted by atomic mass is 16.3. The van der Waals surface area contributed by atoms with Gasteiger partial charge in [-0.05, 0) is 30.9 Å². The Morgan fingerprint density at radius 2 is 1.94 bits per heavy atom. The number of carbonyl (C=O) groups is 1. The zero-order valence-corrected chi connectivity index (χ0v) is 10.5. The summed E-state index contributed by atoms with van der Waals surface area (Å²) in [4.78, 5) is 12.0. The molecule has 4 nitrogen and oxygen atoms in total. The van der Waals surface area contributed by atoms with Gasteiger partial charge in [0.2, 0.25) is 0 Å². The Morgan fingerprint density at radius 3 is 2.44 bits per heavy atom. The molecule has 0 spiro atoms. The van der Waals surface area contributed by atoms with Gasteiger partial charge in [0.1, 0.15) is 11.5 Å². The zero-order valence-electron chi connectivity index (χ0n) is 10.5. The molecule has 1 atom stereocenters. The van der Waals surface area contributed by atoms with Crippen molar-refractivity contribution in [3.8, 4) is 11.5 Å². The van der Waals surface area contributed by atoms with Crippen LogP contribution in [0.25, 0.3) is 0 Å². The van der Waals surface area contributed by atoms with Crippen LogP contribution in [0.1, 0.15) is 43.0 Å². The lowest BCUT2D eigenvalue weighted by Gasteiger charge is -2.16. The molecule has 1 amide bonds. The maximum Gasteiger partial charge on any atom is 0.251 e. The minimum Gasteiger partial charge on any atom is -0.508 e. The van der Waals surface area contributed by atoms with Crippen LogP contribution in [0.2, 0.25) is 0 Å². The van der Waals surface area contributed by atoms with Crippen molar-refractivity contribution in [1.29, 1.82) is 0 Å². The van der Waals surface area contributed by atoms with Gasteiger partial charge in [-0.15, -0.1) is 0 Å². The van der Waals surface area contributed by atoms with Gasteiger partial charge in [-0.25, -0.2) is 0 Å². The highest BCUT2D eigenvalue weighted by Crippen LogP contribution is 2.34. The number of phenolic OH excluding ortho intramolecular Hbond substituents is 2. The van der Waals surface area contributed by atoms with Gasteiger partial charge in [0.05, 0.1) is 0 Å². The van der Waals surface area contributed by atoms with Crippen LogP contribution in [-0.4, -0.2) is 22.2 Å². The van der Waals surface area contributed by atoms with Crippen molar-refractivity contribution < 1.29 is 15.0 Å². The van der Waals surface area contributed by atoms with E-state index >= 15 is 0 Å². The van der Waals surface area contributed by atoms with Gasteiger partial charge in [0, 0.05) is 17.7 Å². The topological polar surface area (TPSA) is 69.6 Å². The van der Waals surface area contributed by atoms with Gasteiger partial charge in [-0.1, -0.05) is 19.8 Å². The molecule has 0 bridgehead atoms. The van der Waals surface area contributed by atoms with Crippen LogP contribution in [0.15, 0.2) is 18.2 Å². The van der Waals surface area contributed by atoms with Crippen molar-refractivity contribution in [2.75, 3.05) is 0 Å². The van der Waals surface area contributed by atoms with E-state index in [1.54, 1.807) is 0 Å². The molecule has 18 heavy (non-hydrogen) atoms. The number of amides is 1. The predicted molar refractivity (Wildman–Crippen MR) is 68.7 cm³/mol. The number of nitrogens with one attached hydrogen (secondary N) is 1. The van der Waals surface area contributed by atoms with Crippen LogP contribution in [0.3, 0.4) is 0 Å². The molecule has 98 valence electrons. The Hall–Kier alpha value is -1.71. The fraction of sp³-hybridized carbons (Fsp3) is 0.500. The first kappa shape index (κ1) is 12.7. The molecule has 1 fully saturated rings. The molecule has 0 radical (unpaired) electrons. The van der Waals surface area contributed by atoms with Crippen LogP contribution in [-0.2, 0) is 0 Å². The third-order valence-electron chi connectivity index (χ3n) is 3.31. The van der Waals surface area contributed by atoms with Crippen LogP contribution in [0.5, 0.6) is 11.5 Å². The third kappa shape index (κ3) is 3.39. The average Bonchev–Trinajstić information content (AvgIpc) is 3.10. The molecule has 0 aliphatic heterocycles. The van der Waals surface area contributed by atoms with E-state index in [2.05, 4.69) is 5.32 Å². The van der Waals surface area contributed by atoms with Gasteiger partial charge in [-0.2, -0.15) is 0 Å². The number of hydrogen-bond donors (Lipinski definition) is 3. The highest BCUT2D eigenvalue weighted by molar-refractivity contribution is 5.95. The lowest BCUT2D eigenvalue weighted by atomic mass is 10.1. The van der Waals surface area contributed by atoms with Crippen molar-refractivity contribution in [3.63, 3.8) is 0 Å². The van der Waals surface area contributed by atoms with Gasteiger partial charge in [0.15, 0.2) is 0 Å². The monoisotopic (exact) mass is 249 g/mol. The molecule has 1 saturated carbocycles. The number of carbonyl (C=O) groups excluding carboxylic acids is 1. The Labute approximate surface area is 107 Å². The molecule has 3 N–H and O–H groups in total. The Kier molecular flexibility index (Phi) is 3.75. The van der Waals surface area contributed by atoms with Crippen LogP contribution < -0.4 is 5.32 Å². The highest BCUT2D eigenvalue weighted by Gasteiger charge is 2.25. The summed E-state index contributed by atoms with van der Waals surface area (Å²) in [6, 6.07) is 4.10. The summed E-state index contributed by atoms with van der Waals surface area (Å²) in [5.41, 5.74) is 0.293. The maximum absolute atomic E-state index is 12.0.